The maximum absolute atomic E-state index is 6.51. The number of fused-ring (bicyclic) bond motifs is 8. The van der Waals surface area contributed by atoms with Gasteiger partial charge in [-0.05, 0) is 71.8 Å². The van der Waals surface area contributed by atoms with Crippen molar-refractivity contribution in [2.45, 2.75) is 0 Å². The van der Waals surface area contributed by atoms with Crippen LogP contribution in [0.15, 0.2) is 191 Å². The van der Waals surface area contributed by atoms with Gasteiger partial charge in [0, 0.05) is 65.1 Å². The second-order valence-electron chi connectivity index (χ2n) is 13.5. The van der Waals surface area contributed by atoms with Crippen LogP contribution >= 0.6 is 11.3 Å². The maximum Gasteiger partial charge on any atom is 0.227 e. The number of aromatic nitrogens is 1. The van der Waals surface area contributed by atoms with Crippen molar-refractivity contribution in [2.24, 2.45) is 0 Å². The smallest absolute Gasteiger partial charge is 0.227 e. The number of para-hydroxylation sites is 2. The molecule has 0 aliphatic carbocycles. The van der Waals surface area contributed by atoms with Crippen LogP contribution in [0.5, 0.6) is 0 Å². The summed E-state index contributed by atoms with van der Waals surface area (Å²) < 4.78 is 15.3. The summed E-state index contributed by atoms with van der Waals surface area (Å²) in [6, 6.07) is 63.7. The molecule has 11 aromatic rings. The zero-order chi connectivity index (χ0) is 35.6. The topological polar surface area (TPSA) is 42.4 Å². The Labute approximate surface area is 314 Å². The van der Waals surface area contributed by atoms with Gasteiger partial charge < -0.3 is 13.7 Å². The molecule has 0 unspecified atom stereocenters. The van der Waals surface area contributed by atoms with E-state index < -0.39 is 0 Å². The molecular weight excluding hydrogens is 681 g/mol. The van der Waals surface area contributed by atoms with E-state index in [1.54, 1.807) is 0 Å². The normalized spacial score (nSPS) is 11.7. The van der Waals surface area contributed by atoms with Crippen LogP contribution in [-0.4, -0.2) is 4.98 Å². The molecule has 11 rings (SSSR count). The van der Waals surface area contributed by atoms with Crippen LogP contribution in [0.25, 0.3) is 86.9 Å². The van der Waals surface area contributed by atoms with Gasteiger partial charge in [0.1, 0.15) is 16.7 Å². The average molecular weight is 711 g/mol. The van der Waals surface area contributed by atoms with Gasteiger partial charge in [0.15, 0.2) is 5.58 Å². The highest BCUT2D eigenvalue weighted by Crippen LogP contribution is 2.47. The Kier molecular flexibility index (Phi) is 7.00. The minimum Gasteiger partial charge on any atom is -0.456 e. The lowest BCUT2D eigenvalue weighted by atomic mass is 9.99. The molecule has 0 saturated heterocycles. The second-order valence-corrected chi connectivity index (χ2v) is 14.6. The van der Waals surface area contributed by atoms with Crippen LogP contribution in [0, 0.1) is 0 Å². The third-order valence-corrected chi connectivity index (χ3v) is 11.5. The minimum absolute atomic E-state index is 0.629. The fourth-order valence-electron chi connectivity index (χ4n) is 7.80. The van der Waals surface area contributed by atoms with Crippen molar-refractivity contribution in [3.8, 4) is 33.7 Å². The van der Waals surface area contributed by atoms with E-state index in [1.165, 1.54) is 14.8 Å². The summed E-state index contributed by atoms with van der Waals surface area (Å²) >= 11 is 1.81. The molecule has 0 radical (unpaired) electrons. The van der Waals surface area contributed by atoms with E-state index in [-0.39, 0.29) is 0 Å². The summed E-state index contributed by atoms with van der Waals surface area (Å²) in [6.07, 6.45) is 0. The number of furan rings is 1. The lowest BCUT2D eigenvalue weighted by molar-refractivity contribution is 0.620. The summed E-state index contributed by atoms with van der Waals surface area (Å²) in [4.78, 5) is 7.40. The fourth-order valence-corrected chi connectivity index (χ4v) is 9.04. The number of anilines is 3. The van der Waals surface area contributed by atoms with E-state index in [0.717, 1.165) is 83.3 Å². The largest absolute Gasteiger partial charge is 0.456 e. The molecule has 0 spiro atoms. The molecule has 0 aliphatic heterocycles. The predicted molar refractivity (Wildman–Crippen MR) is 225 cm³/mol. The van der Waals surface area contributed by atoms with Gasteiger partial charge in [0.2, 0.25) is 5.89 Å². The second kappa shape index (κ2) is 12.3. The first kappa shape index (κ1) is 30.7. The highest BCUT2D eigenvalue weighted by molar-refractivity contribution is 7.26. The van der Waals surface area contributed by atoms with E-state index >= 15 is 0 Å². The first-order chi connectivity index (χ1) is 26.8. The van der Waals surface area contributed by atoms with Crippen molar-refractivity contribution in [2.75, 3.05) is 4.90 Å². The Morgan fingerprint density at radius 3 is 1.93 bits per heavy atom. The lowest BCUT2D eigenvalue weighted by Crippen LogP contribution is -2.11. The van der Waals surface area contributed by atoms with Crippen LogP contribution in [0.4, 0.5) is 17.1 Å². The number of hydrogen-bond donors (Lipinski definition) is 0. The molecule has 0 saturated carbocycles. The first-order valence-corrected chi connectivity index (χ1v) is 18.8. The Bertz CT molecular complexity index is 3160. The van der Waals surface area contributed by atoms with Gasteiger partial charge in [-0.15, -0.1) is 11.3 Å². The predicted octanol–water partition coefficient (Wildman–Crippen LogP) is 14.6. The molecule has 54 heavy (non-hydrogen) atoms. The van der Waals surface area contributed by atoms with E-state index in [9.17, 15) is 0 Å². The Hall–Kier alpha value is -6.95. The molecular formula is C49H30N2O2S. The molecule has 0 amide bonds. The van der Waals surface area contributed by atoms with Crippen LogP contribution < -0.4 is 4.90 Å². The number of hydrogen-bond acceptors (Lipinski definition) is 5. The molecule has 0 N–H and O–H groups in total. The first-order valence-electron chi connectivity index (χ1n) is 18.0. The van der Waals surface area contributed by atoms with Crippen molar-refractivity contribution < 1.29 is 8.83 Å². The van der Waals surface area contributed by atoms with Crippen LogP contribution in [0.1, 0.15) is 0 Å². The van der Waals surface area contributed by atoms with Gasteiger partial charge in [-0.3, -0.25) is 0 Å². The van der Waals surface area contributed by atoms with Gasteiger partial charge in [0.05, 0.1) is 5.69 Å². The number of thiophene rings is 1. The van der Waals surface area contributed by atoms with Gasteiger partial charge in [-0.2, -0.15) is 0 Å². The van der Waals surface area contributed by atoms with Crippen molar-refractivity contribution in [1.82, 2.24) is 4.98 Å². The standard InChI is InChI=1S/C49H30N2O2S/c1-3-13-31(14-4-1)36-17-7-10-20-41(36)51(35-27-28-38-37-18-8-11-21-42(37)52-43(38)29-35)34-25-23-32(24-26-34)40-30-44-47(50-49(53-44)33-15-5-2-6-16-33)46-39-19-9-12-22-45(39)54-48(40)46/h1-30H. The molecule has 0 bridgehead atoms. The molecule has 0 fully saturated rings. The molecule has 3 heterocycles. The Morgan fingerprint density at radius 2 is 1.09 bits per heavy atom. The van der Waals surface area contributed by atoms with Crippen molar-refractivity contribution in [3.63, 3.8) is 0 Å². The van der Waals surface area contributed by atoms with Crippen molar-refractivity contribution in [3.05, 3.63) is 182 Å². The molecule has 8 aromatic carbocycles. The number of nitrogens with zero attached hydrogens (tertiary/aromatic N) is 2. The molecule has 254 valence electrons. The number of benzene rings is 8. The van der Waals surface area contributed by atoms with Gasteiger partial charge >= 0.3 is 0 Å². The summed E-state index contributed by atoms with van der Waals surface area (Å²) in [5.41, 5.74) is 12.0. The van der Waals surface area contributed by atoms with E-state index in [1.807, 2.05) is 53.8 Å². The summed E-state index contributed by atoms with van der Waals surface area (Å²) in [5, 5.41) is 4.55. The minimum atomic E-state index is 0.629. The third-order valence-electron chi connectivity index (χ3n) is 10.3. The van der Waals surface area contributed by atoms with Gasteiger partial charge in [-0.25, -0.2) is 4.98 Å². The van der Waals surface area contributed by atoms with Crippen LogP contribution in [-0.2, 0) is 0 Å². The van der Waals surface area contributed by atoms with Crippen molar-refractivity contribution >= 4 is 81.6 Å². The monoisotopic (exact) mass is 710 g/mol. The van der Waals surface area contributed by atoms with E-state index in [2.05, 4.69) is 144 Å². The molecule has 0 aliphatic rings. The van der Waals surface area contributed by atoms with E-state index in [0.29, 0.717) is 5.89 Å². The number of rotatable bonds is 6. The van der Waals surface area contributed by atoms with Gasteiger partial charge in [0.25, 0.3) is 0 Å². The molecule has 3 aromatic heterocycles. The van der Waals surface area contributed by atoms with Gasteiger partial charge in [-0.1, -0.05) is 115 Å². The Balaban J connectivity index is 1.09. The molecule has 5 heteroatoms. The molecule has 0 atom stereocenters. The zero-order valence-electron chi connectivity index (χ0n) is 28.9. The lowest BCUT2D eigenvalue weighted by Gasteiger charge is -2.28. The average Bonchev–Trinajstić information content (AvgIpc) is 3.95. The van der Waals surface area contributed by atoms with Crippen LogP contribution in [0.3, 0.4) is 0 Å². The highest BCUT2D eigenvalue weighted by atomic mass is 32.1. The Morgan fingerprint density at radius 1 is 0.444 bits per heavy atom. The summed E-state index contributed by atoms with van der Waals surface area (Å²) in [5.74, 6) is 0.629. The zero-order valence-corrected chi connectivity index (χ0v) is 29.8. The fraction of sp³-hybridized carbons (Fsp3) is 0. The highest BCUT2D eigenvalue weighted by Gasteiger charge is 2.22. The van der Waals surface area contributed by atoms with Crippen LogP contribution in [0.2, 0.25) is 0 Å². The summed E-state index contributed by atoms with van der Waals surface area (Å²) in [7, 11) is 0. The summed E-state index contributed by atoms with van der Waals surface area (Å²) in [6.45, 7) is 0. The third kappa shape index (κ3) is 4.94. The SMILES string of the molecule is c1ccc(-c2nc3c(cc(-c4ccc(N(c5ccc6c(c5)oc5ccccc56)c5ccccc5-c5ccccc5)cc4)c4sc5ccccc5c43)o2)cc1. The number of oxazole rings is 1. The van der Waals surface area contributed by atoms with E-state index in [4.69, 9.17) is 13.8 Å². The maximum atomic E-state index is 6.51. The quantitative estimate of drug-likeness (QED) is 0.172. The van der Waals surface area contributed by atoms with Crippen molar-refractivity contribution in [1.29, 1.82) is 0 Å². The molecule has 4 nitrogen and oxygen atoms in total.